The van der Waals surface area contributed by atoms with Crippen LogP contribution in [-0.4, -0.2) is 13.2 Å². The number of hydrogen-bond acceptors (Lipinski definition) is 2. The second-order valence-corrected chi connectivity index (χ2v) is 5.05. The molecule has 0 aromatic heterocycles. The van der Waals surface area contributed by atoms with E-state index < -0.39 is 0 Å². The summed E-state index contributed by atoms with van der Waals surface area (Å²) in [6.07, 6.45) is 1.95. The number of ether oxygens (including phenoxy) is 2. The molecule has 0 N–H and O–H groups in total. The largest absolute Gasteiger partial charge is 0.497 e. The van der Waals surface area contributed by atoms with Gasteiger partial charge in [-0.1, -0.05) is 55.1 Å². The molecule has 0 fully saturated rings. The van der Waals surface area contributed by atoms with Gasteiger partial charge in [0.15, 0.2) is 0 Å². The lowest BCUT2D eigenvalue weighted by atomic mass is 9.95. The molecule has 0 spiro atoms. The molecule has 0 unspecified atom stereocenters. The summed E-state index contributed by atoms with van der Waals surface area (Å²) in [5, 5.41) is 0. The maximum atomic E-state index is 6.16. The normalized spacial score (nSPS) is 21.0. The van der Waals surface area contributed by atoms with E-state index in [1.165, 1.54) is 5.56 Å². The van der Waals surface area contributed by atoms with Crippen LogP contribution in [0.25, 0.3) is 0 Å². The number of rotatable bonds is 4. The Labute approximate surface area is 125 Å². The van der Waals surface area contributed by atoms with Crippen LogP contribution in [0.2, 0.25) is 0 Å². The number of hydrogen-bond donors (Lipinski definition) is 0. The third-order valence-corrected chi connectivity index (χ3v) is 3.73. The molecule has 1 aliphatic rings. The standard InChI is InChI=1S/C19H18O2/c1-14-18(20-2)13-17(15-9-5-3-6-10-15)19(14)21-16-11-7-4-8-12-16/h3-13,17,19H,1H2,2H3/t17-,19+/m1/s1. The topological polar surface area (TPSA) is 18.5 Å². The van der Waals surface area contributed by atoms with Gasteiger partial charge in [0, 0.05) is 11.5 Å². The molecule has 0 amide bonds. The van der Waals surface area contributed by atoms with Gasteiger partial charge < -0.3 is 9.47 Å². The maximum absolute atomic E-state index is 6.16. The Kier molecular flexibility index (Phi) is 3.78. The first-order valence-corrected chi connectivity index (χ1v) is 7.01. The van der Waals surface area contributed by atoms with Crippen molar-refractivity contribution in [3.05, 3.63) is 90.2 Å². The van der Waals surface area contributed by atoms with E-state index in [0.717, 1.165) is 17.1 Å². The summed E-state index contributed by atoms with van der Waals surface area (Å²) >= 11 is 0. The van der Waals surface area contributed by atoms with E-state index >= 15 is 0 Å². The van der Waals surface area contributed by atoms with Crippen LogP contribution in [-0.2, 0) is 4.74 Å². The zero-order valence-electron chi connectivity index (χ0n) is 12.0. The summed E-state index contributed by atoms with van der Waals surface area (Å²) in [4.78, 5) is 0. The molecule has 2 aromatic carbocycles. The van der Waals surface area contributed by atoms with Crippen LogP contribution in [0.4, 0.5) is 0 Å². The zero-order valence-corrected chi connectivity index (χ0v) is 12.0. The molecule has 0 heterocycles. The molecule has 1 aliphatic carbocycles. The Hall–Kier alpha value is -2.48. The van der Waals surface area contributed by atoms with Crippen molar-refractivity contribution < 1.29 is 9.47 Å². The van der Waals surface area contributed by atoms with Gasteiger partial charge in [-0.05, 0) is 23.8 Å². The Morgan fingerprint density at radius 3 is 2.14 bits per heavy atom. The highest BCUT2D eigenvalue weighted by Gasteiger charge is 2.34. The van der Waals surface area contributed by atoms with E-state index in [-0.39, 0.29) is 12.0 Å². The number of methoxy groups -OCH3 is 1. The Morgan fingerprint density at radius 2 is 1.52 bits per heavy atom. The van der Waals surface area contributed by atoms with E-state index in [4.69, 9.17) is 9.47 Å². The van der Waals surface area contributed by atoms with Gasteiger partial charge in [-0.2, -0.15) is 0 Å². The van der Waals surface area contributed by atoms with Gasteiger partial charge in [-0.25, -0.2) is 0 Å². The summed E-state index contributed by atoms with van der Waals surface area (Å²) in [5.74, 6) is 1.77. The second-order valence-electron chi connectivity index (χ2n) is 5.05. The summed E-state index contributed by atoms with van der Waals surface area (Å²) in [6, 6.07) is 20.1. The van der Waals surface area contributed by atoms with Crippen molar-refractivity contribution in [1.82, 2.24) is 0 Å². The highest BCUT2D eigenvalue weighted by atomic mass is 16.5. The third-order valence-electron chi connectivity index (χ3n) is 3.73. The van der Waals surface area contributed by atoms with Gasteiger partial charge in [-0.3, -0.25) is 0 Å². The van der Waals surface area contributed by atoms with E-state index in [0.29, 0.717) is 0 Å². The molecule has 106 valence electrons. The summed E-state index contributed by atoms with van der Waals surface area (Å²) in [6.45, 7) is 4.14. The van der Waals surface area contributed by atoms with Gasteiger partial charge in [-0.15, -0.1) is 0 Å². The van der Waals surface area contributed by atoms with Crippen molar-refractivity contribution in [3.8, 4) is 5.75 Å². The third kappa shape index (κ3) is 2.70. The van der Waals surface area contributed by atoms with Crippen LogP contribution in [0.5, 0.6) is 5.75 Å². The number of benzene rings is 2. The lowest BCUT2D eigenvalue weighted by Gasteiger charge is -2.22. The molecule has 0 aliphatic heterocycles. The van der Waals surface area contributed by atoms with Gasteiger partial charge in [0.1, 0.15) is 17.6 Å². The lowest BCUT2D eigenvalue weighted by molar-refractivity contribution is 0.222. The molecule has 0 saturated carbocycles. The average molecular weight is 278 g/mol. The van der Waals surface area contributed by atoms with Gasteiger partial charge >= 0.3 is 0 Å². The minimum Gasteiger partial charge on any atom is -0.497 e. The molecule has 0 radical (unpaired) electrons. The molecule has 2 aromatic rings. The molecule has 2 nitrogen and oxygen atoms in total. The van der Waals surface area contributed by atoms with E-state index in [1.54, 1.807) is 7.11 Å². The molecule has 3 rings (SSSR count). The van der Waals surface area contributed by atoms with Crippen molar-refractivity contribution in [2.75, 3.05) is 7.11 Å². The van der Waals surface area contributed by atoms with E-state index in [2.05, 4.69) is 24.8 Å². The highest BCUT2D eigenvalue weighted by molar-refractivity contribution is 5.44. The quantitative estimate of drug-likeness (QED) is 0.829. The predicted molar refractivity (Wildman–Crippen MR) is 84.3 cm³/mol. The zero-order chi connectivity index (χ0) is 14.7. The minimum absolute atomic E-state index is 0.119. The van der Waals surface area contributed by atoms with Gasteiger partial charge in [0.2, 0.25) is 0 Å². The second kappa shape index (κ2) is 5.88. The van der Waals surface area contributed by atoms with Crippen LogP contribution in [0, 0.1) is 0 Å². The molecular weight excluding hydrogens is 260 g/mol. The minimum atomic E-state index is -0.134. The maximum Gasteiger partial charge on any atom is 0.137 e. The number of para-hydroxylation sites is 1. The predicted octanol–water partition coefficient (Wildman–Crippen LogP) is 4.32. The summed E-state index contributed by atoms with van der Waals surface area (Å²) in [7, 11) is 1.67. The fourth-order valence-electron chi connectivity index (χ4n) is 2.65. The van der Waals surface area contributed by atoms with E-state index in [9.17, 15) is 0 Å². The van der Waals surface area contributed by atoms with Crippen LogP contribution >= 0.6 is 0 Å². The molecular formula is C19H18O2. The van der Waals surface area contributed by atoms with Gasteiger partial charge in [0.05, 0.1) is 7.11 Å². The first kappa shape index (κ1) is 13.5. The van der Waals surface area contributed by atoms with Crippen LogP contribution in [0.1, 0.15) is 11.5 Å². The first-order chi connectivity index (χ1) is 10.3. The SMILES string of the molecule is C=C1C(OC)=C[C@H](c2ccccc2)[C@H]1Oc1ccccc1. The van der Waals surface area contributed by atoms with Crippen LogP contribution in [0.15, 0.2) is 84.7 Å². The Morgan fingerprint density at radius 1 is 0.905 bits per heavy atom. The molecule has 2 heteroatoms. The summed E-state index contributed by atoms with van der Waals surface area (Å²) < 4.78 is 11.6. The monoisotopic (exact) mass is 278 g/mol. The molecule has 21 heavy (non-hydrogen) atoms. The van der Waals surface area contributed by atoms with Crippen molar-refractivity contribution in [2.45, 2.75) is 12.0 Å². The van der Waals surface area contributed by atoms with Crippen molar-refractivity contribution in [1.29, 1.82) is 0 Å². The molecule has 0 bridgehead atoms. The van der Waals surface area contributed by atoms with Crippen LogP contribution < -0.4 is 4.74 Å². The highest BCUT2D eigenvalue weighted by Crippen LogP contribution is 2.38. The van der Waals surface area contributed by atoms with E-state index in [1.807, 2.05) is 48.5 Å². The fraction of sp³-hybridized carbons (Fsp3) is 0.158. The molecule has 2 atom stereocenters. The Bertz CT molecular complexity index is 644. The fourth-order valence-corrected chi connectivity index (χ4v) is 2.65. The van der Waals surface area contributed by atoms with Crippen molar-refractivity contribution >= 4 is 0 Å². The average Bonchev–Trinajstić information content (AvgIpc) is 2.86. The van der Waals surface area contributed by atoms with Gasteiger partial charge in [0.25, 0.3) is 0 Å². The van der Waals surface area contributed by atoms with Crippen molar-refractivity contribution in [2.24, 2.45) is 0 Å². The lowest BCUT2D eigenvalue weighted by Crippen LogP contribution is -2.22. The molecule has 0 saturated heterocycles. The van der Waals surface area contributed by atoms with Crippen molar-refractivity contribution in [3.63, 3.8) is 0 Å². The van der Waals surface area contributed by atoms with Crippen LogP contribution in [0.3, 0.4) is 0 Å². The summed E-state index contributed by atoms with van der Waals surface area (Å²) in [5.41, 5.74) is 2.09. The first-order valence-electron chi connectivity index (χ1n) is 7.01. The Balaban J connectivity index is 1.91. The smallest absolute Gasteiger partial charge is 0.137 e.